The van der Waals surface area contributed by atoms with Gasteiger partial charge in [0.15, 0.2) is 0 Å². The summed E-state index contributed by atoms with van der Waals surface area (Å²) in [5, 5.41) is 3.89. The number of carbonyl (C=O) groups is 1. The lowest BCUT2D eigenvalue weighted by molar-refractivity contribution is -0.132. The first-order valence-electron chi connectivity index (χ1n) is 7.75. The van der Waals surface area contributed by atoms with Crippen molar-refractivity contribution >= 4 is 5.91 Å². The van der Waals surface area contributed by atoms with Crippen LogP contribution in [0, 0.1) is 13.8 Å². The molecule has 3 rings (SSSR count). The van der Waals surface area contributed by atoms with Crippen LogP contribution >= 0.6 is 0 Å². The summed E-state index contributed by atoms with van der Waals surface area (Å²) in [5.41, 5.74) is 1.68. The van der Waals surface area contributed by atoms with Crippen molar-refractivity contribution in [1.82, 2.24) is 20.0 Å². The first-order chi connectivity index (χ1) is 11.1. The predicted molar refractivity (Wildman–Crippen MR) is 81.9 cm³/mol. The average Bonchev–Trinajstić information content (AvgIpc) is 2.88. The molecule has 0 aromatic carbocycles. The minimum absolute atomic E-state index is 0.0785. The monoisotopic (exact) mass is 316 g/mol. The van der Waals surface area contributed by atoms with Crippen molar-refractivity contribution in [2.24, 2.45) is 0 Å². The normalized spacial score (nSPS) is 15.7. The van der Waals surface area contributed by atoms with E-state index in [1.54, 1.807) is 18.6 Å². The van der Waals surface area contributed by atoms with Gasteiger partial charge in [0.2, 0.25) is 11.8 Å². The Labute approximate surface area is 134 Å². The lowest BCUT2D eigenvalue weighted by Gasteiger charge is -2.31. The SMILES string of the molecule is Cc1noc(C)c1CC(=O)N1CCC(Oc2cnccn2)CC1. The molecule has 0 saturated carbocycles. The first-order valence-corrected chi connectivity index (χ1v) is 7.75. The van der Waals surface area contributed by atoms with Gasteiger partial charge in [-0.3, -0.25) is 9.78 Å². The van der Waals surface area contributed by atoms with E-state index < -0.39 is 0 Å². The Balaban J connectivity index is 1.51. The van der Waals surface area contributed by atoms with E-state index in [0.717, 1.165) is 29.9 Å². The highest BCUT2D eigenvalue weighted by molar-refractivity contribution is 5.79. The van der Waals surface area contributed by atoms with Crippen LogP contribution < -0.4 is 4.74 Å². The molecule has 7 heteroatoms. The van der Waals surface area contributed by atoms with Crippen LogP contribution in [0.5, 0.6) is 5.88 Å². The van der Waals surface area contributed by atoms with Crippen LogP contribution in [-0.2, 0) is 11.2 Å². The van der Waals surface area contributed by atoms with Gasteiger partial charge in [-0.05, 0) is 13.8 Å². The summed E-state index contributed by atoms with van der Waals surface area (Å²) in [6.45, 7) is 5.07. The summed E-state index contributed by atoms with van der Waals surface area (Å²) in [6, 6.07) is 0. The van der Waals surface area contributed by atoms with Crippen molar-refractivity contribution in [3.63, 3.8) is 0 Å². The quantitative estimate of drug-likeness (QED) is 0.854. The molecule has 0 unspecified atom stereocenters. The summed E-state index contributed by atoms with van der Waals surface area (Å²) in [6.07, 6.45) is 6.84. The number of piperidine rings is 1. The van der Waals surface area contributed by atoms with Crippen molar-refractivity contribution in [2.75, 3.05) is 13.1 Å². The summed E-state index contributed by atoms with van der Waals surface area (Å²) in [5.74, 6) is 1.36. The molecule has 1 fully saturated rings. The van der Waals surface area contributed by atoms with Crippen molar-refractivity contribution < 1.29 is 14.1 Å². The Morgan fingerprint density at radius 1 is 1.35 bits per heavy atom. The van der Waals surface area contributed by atoms with E-state index >= 15 is 0 Å². The van der Waals surface area contributed by atoms with Crippen LogP contribution in [0.25, 0.3) is 0 Å². The molecule has 3 heterocycles. The second-order valence-corrected chi connectivity index (χ2v) is 5.72. The van der Waals surface area contributed by atoms with Crippen LogP contribution in [0.15, 0.2) is 23.1 Å². The average molecular weight is 316 g/mol. The van der Waals surface area contributed by atoms with Gasteiger partial charge in [-0.1, -0.05) is 5.16 Å². The van der Waals surface area contributed by atoms with Gasteiger partial charge in [0.05, 0.1) is 18.3 Å². The molecule has 1 aliphatic heterocycles. The molecule has 2 aromatic rings. The summed E-state index contributed by atoms with van der Waals surface area (Å²) in [4.78, 5) is 22.4. The van der Waals surface area contributed by atoms with Crippen LogP contribution in [-0.4, -0.2) is 45.1 Å². The smallest absolute Gasteiger partial charge is 0.232 e. The Kier molecular flexibility index (Phi) is 4.55. The highest BCUT2D eigenvalue weighted by Crippen LogP contribution is 2.19. The van der Waals surface area contributed by atoms with Gasteiger partial charge in [0.25, 0.3) is 0 Å². The highest BCUT2D eigenvalue weighted by Gasteiger charge is 2.25. The largest absolute Gasteiger partial charge is 0.473 e. The zero-order chi connectivity index (χ0) is 16.2. The van der Waals surface area contributed by atoms with Gasteiger partial charge < -0.3 is 14.2 Å². The molecule has 2 aromatic heterocycles. The number of likely N-dealkylation sites (tertiary alicyclic amines) is 1. The number of hydrogen-bond acceptors (Lipinski definition) is 6. The second kappa shape index (κ2) is 6.76. The molecule has 1 aliphatic rings. The summed E-state index contributed by atoms with van der Waals surface area (Å²) in [7, 11) is 0. The maximum atomic E-state index is 12.4. The fourth-order valence-corrected chi connectivity index (χ4v) is 2.76. The number of nitrogens with zero attached hydrogens (tertiary/aromatic N) is 4. The van der Waals surface area contributed by atoms with Gasteiger partial charge in [-0.15, -0.1) is 0 Å². The Bertz CT molecular complexity index is 644. The lowest BCUT2D eigenvalue weighted by atomic mass is 10.1. The fourth-order valence-electron chi connectivity index (χ4n) is 2.76. The standard InChI is InChI=1S/C16H20N4O3/c1-11-14(12(2)23-19-11)9-16(21)20-7-3-13(4-8-20)22-15-10-17-5-6-18-15/h5-6,10,13H,3-4,7-9H2,1-2H3. The number of aryl methyl sites for hydroxylation is 2. The summed E-state index contributed by atoms with van der Waals surface area (Å²) < 4.78 is 10.9. The fraction of sp³-hybridized carbons (Fsp3) is 0.500. The molecule has 1 amide bonds. The van der Waals surface area contributed by atoms with Crippen LogP contribution in [0.2, 0.25) is 0 Å². The van der Waals surface area contributed by atoms with Crippen LogP contribution in [0.1, 0.15) is 29.9 Å². The molecule has 0 radical (unpaired) electrons. The highest BCUT2D eigenvalue weighted by atomic mass is 16.5. The zero-order valence-electron chi connectivity index (χ0n) is 13.4. The van der Waals surface area contributed by atoms with E-state index in [1.807, 2.05) is 18.7 Å². The van der Waals surface area contributed by atoms with Crippen LogP contribution in [0.3, 0.4) is 0 Å². The molecule has 0 bridgehead atoms. The summed E-state index contributed by atoms with van der Waals surface area (Å²) >= 11 is 0. The molecule has 0 aliphatic carbocycles. The molecule has 0 atom stereocenters. The number of ether oxygens (including phenoxy) is 1. The van der Waals surface area contributed by atoms with Crippen molar-refractivity contribution in [1.29, 1.82) is 0 Å². The maximum absolute atomic E-state index is 12.4. The van der Waals surface area contributed by atoms with E-state index in [0.29, 0.717) is 25.4 Å². The number of amides is 1. The number of hydrogen-bond donors (Lipinski definition) is 0. The van der Waals surface area contributed by atoms with E-state index in [1.165, 1.54) is 0 Å². The van der Waals surface area contributed by atoms with Gasteiger partial charge in [0, 0.05) is 43.9 Å². The number of carbonyl (C=O) groups excluding carboxylic acids is 1. The van der Waals surface area contributed by atoms with Crippen molar-refractivity contribution in [2.45, 2.75) is 39.2 Å². The molecule has 7 nitrogen and oxygen atoms in total. The Morgan fingerprint density at radius 2 is 2.13 bits per heavy atom. The van der Waals surface area contributed by atoms with Gasteiger partial charge in [-0.25, -0.2) is 4.98 Å². The number of rotatable bonds is 4. The maximum Gasteiger partial charge on any atom is 0.232 e. The van der Waals surface area contributed by atoms with E-state index in [9.17, 15) is 4.79 Å². The van der Waals surface area contributed by atoms with Gasteiger partial charge in [-0.2, -0.15) is 0 Å². The van der Waals surface area contributed by atoms with E-state index in [-0.39, 0.29) is 12.0 Å². The third-order valence-electron chi connectivity index (χ3n) is 4.13. The minimum atomic E-state index is 0.0785. The minimum Gasteiger partial charge on any atom is -0.473 e. The third kappa shape index (κ3) is 3.67. The van der Waals surface area contributed by atoms with Crippen molar-refractivity contribution in [3.8, 4) is 5.88 Å². The molecule has 23 heavy (non-hydrogen) atoms. The van der Waals surface area contributed by atoms with E-state index in [4.69, 9.17) is 9.26 Å². The van der Waals surface area contributed by atoms with Gasteiger partial charge >= 0.3 is 0 Å². The molecular formula is C16H20N4O3. The van der Waals surface area contributed by atoms with Crippen LogP contribution in [0.4, 0.5) is 0 Å². The Hall–Kier alpha value is -2.44. The molecule has 0 spiro atoms. The first kappa shape index (κ1) is 15.5. The van der Waals surface area contributed by atoms with Gasteiger partial charge in [0.1, 0.15) is 11.9 Å². The third-order valence-corrected chi connectivity index (χ3v) is 4.13. The molecule has 1 saturated heterocycles. The molecule has 122 valence electrons. The van der Waals surface area contributed by atoms with E-state index in [2.05, 4.69) is 15.1 Å². The topological polar surface area (TPSA) is 81.4 Å². The predicted octanol–water partition coefficient (Wildman–Crippen LogP) is 1.69. The second-order valence-electron chi connectivity index (χ2n) is 5.72. The zero-order valence-corrected chi connectivity index (χ0v) is 13.4. The molecular weight excluding hydrogens is 296 g/mol. The lowest BCUT2D eigenvalue weighted by Crippen LogP contribution is -2.42. The number of aromatic nitrogens is 3. The van der Waals surface area contributed by atoms with Crippen molar-refractivity contribution in [3.05, 3.63) is 35.6 Å². The Morgan fingerprint density at radius 3 is 2.74 bits per heavy atom. The molecule has 0 N–H and O–H groups in total.